The Morgan fingerprint density at radius 1 is 1.61 bits per heavy atom. The van der Waals surface area contributed by atoms with E-state index in [9.17, 15) is 9.90 Å². The van der Waals surface area contributed by atoms with Gasteiger partial charge in [0.1, 0.15) is 6.07 Å². The smallest absolute Gasteiger partial charge is 0.311 e. The average molecular weight is 311 g/mol. The number of halogens is 1. The second kappa shape index (κ2) is 5.87. The molecule has 4 nitrogen and oxygen atoms in total. The zero-order valence-corrected chi connectivity index (χ0v) is 11.9. The van der Waals surface area contributed by atoms with E-state index in [0.717, 1.165) is 4.47 Å². The van der Waals surface area contributed by atoms with Gasteiger partial charge in [-0.05, 0) is 31.5 Å². The first kappa shape index (κ1) is 14.5. The van der Waals surface area contributed by atoms with Crippen LogP contribution in [0.5, 0.6) is 0 Å². The van der Waals surface area contributed by atoms with Gasteiger partial charge in [0.2, 0.25) is 0 Å². The first-order valence-electron chi connectivity index (χ1n) is 5.60. The van der Waals surface area contributed by atoms with Gasteiger partial charge >= 0.3 is 5.97 Å². The van der Waals surface area contributed by atoms with E-state index in [4.69, 9.17) is 5.26 Å². The Morgan fingerprint density at radius 3 is 2.78 bits per heavy atom. The highest BCUT2D eigenvalue weighted by molar-refractivity contribution is 9.10. The average Bonchev–Trinajstić information content (AvgIpc) is 2.35. The van der Waals surface area contributed by atoms with Gasteiger partial charge in [-0.2, -0.15) is 5.26 Å². The lowest BCUT2D eigenvalue weighted by Crippen LogP contribution is -2.34. The number of anilines is 1. The molecule has 0 bridgehead atoms. The van der Waals surface area contributed by atoms with Crippen LogP contribution < -0.4 is 5.32 Å². The first-order chi connectivity index (χ1) is 8.42. The Bertz CT molecular complexity index is 496. The van der Waals surface area contributed by atoms with Crippen molar-refractivity contribution >= 4 is 27.6 Å². The van der Waals surface area contributed by atoms with E-state index < -0.39 is 11.4 Å². The molecule has 0 amide bonds. The number of rotatable bonds is 5. The maximum Gasteiger partial charge on any atom is 0.311 e. The predicted molar refractivity (Wildman–Crippen MR) is 73.4 cm³/mol. The molecule has 96 valence electrons. The van der Waals surface area contributed by atoms with Crippen molar-refractivity contribution in [2.24, 2.45) is 5.41 Å². The first-order valence-corrected chi connectivity index (χ1v) is 6.39. The summed E-state index contributed by atoms with van der Waals surface area (Å²) in [6.07, 6.45) is 0.519. The minimum absolute atomic E-state index is 0.282. The van der Waals surface area contributed by atoms with Gasteiger partial charge in [0.15, 0.2) is 0 Å². The monoisotopic (exact) mass is 310 g/mol. The molecule has 0 radical (unpaired) electrons. The van der Waals surface area contributed by atoms with Crippen molar-refractivity contribution in [3.63, 3.8) is 0 Å². The summed E-state index contributed by atoms with van der Waals surface area (Å²) < 4.78 is 0.845. The molecule has 0 aliphatic rings. The molecular weight excluding hydrogens is 296 g/mol. The molecule has 0 heterocycles. The second-order valence-corrected chi connectivity index (χ2v) is 5.29. The van der Waals surface area contributed by atoms with Crippen molar-refractivity contribution < 1.29 is 9.90 Å². The topological polar surface area (TPSA) is 73.1 Å². The van der Waals surface area contributed by atoms with E-state index in [1.165, 1.54) is 0 Å². The summed E-state index contributed by atoms with van der Waals surface area (Å²) in [6.45, 7) is 3.80. The third-order valence-corrected chi connectivity index (χ3v) is 3.56. The van der Waals surface area contributed by atoms with Gasteiger partial charge in [-0.1, -0.05) is 22.9 Å². The SMILES string of the molecule is CCC(C)(CNc1cc(Br)ccc1C#N)C(=O)O. The number of carboxylic acids is 1. The number of hydrogen-bond acceptors (Lipinski definition) is 3. The highest BCUT2D eigenvalue weighted by atomic mass is 79.9. The Kier molecular flexibility index (Phi) is 4.74. The van der Waals surface area contributed by atoms with Crippen LogP contribution in [-0.4, -0.2) is 17.6 Å². The molecule has 0 fully saturated rings. The molecule has 18 heavy (non-hydrogen) atoms. The highest BCUT2D eigenvalue weighted by Gasteiger charge is 2.30. The van der Waals surface area contributed by atoms with Gasteiger partial charge in [-0.3, -0.25) is 4.79 Å². The van der Waals surface area contributed by atoms with Crippen LogP contribution in [0.25, 0.3) is 0 Å². The number of hydrogen-bond donors (Lipinski definition) is 2. The lowest BCUT2D eigenvalue weighted by atomic mass is 9.87. The fraction of sp³-hybridized carbons (Fsp3) is 0.385. The molecule has 0 aromatic heterocycles. The molecule has 1 rings (SSSR count). The number of nitrogens with one attached hydrogen (secondary N) is 1. The van der Waals surface area contributed by atoms with Crippen LogP contribution in [0.3, 0.4) is 0 Å². The van der Waals surface area contributed by atoms with Crippen LogP contribution in [0, 0.1) is 16.7 Å². The lowest BCUT2D eigenvalue weighted by Gasteiger charge is -2.24. The maximum absolute atomic E-state index is 11.2. The third-order valence-electron chi connectivity index (χ3n) is 3.07. The van der Waals surface area contributed by atoms with Gasteiger partial charge in [-0.25, -0.2) is 0 Å². The molecular formula is C13H15BrN2O2. The Balaban J connectivity index is 2.90. The zero-order chi connectivity index (χ0) is 13.8. The van der Waals surface area contributed by atoms with Crippen LogP contribution in [0.4, 0.5) is 5.69 Å². The minimum atomic E-state index is -0.842. The summed E-state index contributed by atoms with van der Waals surface area (Å²) in [7, 11) is 0. The molecule has 0 aliphatic carbocycles. The number of benzene rings is 1. The number of carboxylic acid groups (broad SMARTS) is 1. The van der Waals surface area contributed by atoms with Crippen LogP contribution in [0.1, 0.15) is 25.8 Å². The van der Waals surface area contributed by atoms with Crippen molar-refractivity contribution in [2.75, 3.05) is 11.9 Å². The summed E-state index contributed by atoms with van der Waals surface area (Å²) in [5.41, 5.74) is 0.310. The highest BCUT2D eigenvalue weighted by Crippen LogP contribution is 2.25. The molecule has 1 unspecified atom stereocenters. The molecule has 1 atom stereocenters. The Labute approximate surface area is 115 Å². The van der Waals surface area contributed by atoms with Crippen LogP contribution >= 0.6 is 15.9 Å². The van der Waals surface area contributed by atoms with E-state index in [2.05, 4.69) is 27.3 Å². The van der Waals surface area contributed by atoms with Crippen LogP contribution in [0.2, 0.25) is 0 Å². The van der Waals surface area contributed by atoms with E-state index in [1.807, 2.05) is 6.92 Å². The van der Waals surface area contributed by atoms with E-state index in [0.29, 0.717) is 17.7 Å². The number of carbonyl (C=O) groups is 1. The maximum atomic E-state index is 11.2. The Hall–Kier alpha value is -1.54. The molecule has 0 saturated carbocycles. The van der Waals surface area contributed by atoms with Gasteiger partial charge in [-0.15, -0.1) is 0 Å². The largest absolute Gasteiger partial charge is 0.481 e. The van der Waals surface area contributed by atoms with Crippen molar-refractivity contribution in [3.05, 3.63) is 28.2 Å². The molecule has 2 N–H and O–H groups in total. The summed E-state index contributed by atoms with van der Waals surface area (Å²) in [4.78, 5) is 11.2. The van der Waals surface area contributed by atoms with E-state index >= 15 is 0 Å². The van der Waals surface area contributed by atoms with Crippen molar-refractivity contribution in [1.82, 2.24) is 0 Å². The van der Waals surface area contributed by atoms with Crippen LogP contribution in [-0.2, 0) is 4.79 Å². The molecule has 1 aromatic carbocycles. The summed E-state index contributed by atoms with van der Waals surface area (Å²) in [6, 6.07) is 7.32. The molecule has 0 saturated heterocycles. The number of nitrogens with zero attached hydrogens (tertiary/aromatic N) is 1. The van der Waals surface area contributed by atoms with Gasteiger partial charge < -0.3 is 10.4 Å². The summed E-state index contributed by atoms with van der Waals surface area (Å²) in [5, 5.41) is 21.2. The van der Waals surface area contributed by atoms with Crippen molar-refractivity contribution in [3.8, 4) is 6.07 Å². The molecule has 0 spiro atoms. The van der Waals surface area contributed by atoms with Crippen molar-refractivity contribution in [1.29, 1.82) is 5.26 Å². The zero-order valence-electron chi connectivity index (χ0n) is 10.3. The quantitative estimate of drug-likeness (QED) is 0.875. The van der Waals surface area contributed by atoms with E-state index in [-0.39, 0.29) is 6.54 Å². The normalized spacial score (nSPS) is 13.4. The van der Waals surface area contributed by atoms with Crippen LogP contribution in [0.15, 0.2) is 22.7 Å². The number of nitriles is 1. The van der Waals surface area contributed by atoms with Gasteiger partial charge in [0, 0.05) is 11.0 Å². The number of aliphatic carboxylic acids is 1. The molecule has 0 aliphatic heterocycles. The fourth-order valence-electron chi connectivity index (χ4n) is 1.40. The van der Waals surface area contributed by atoms with Gasteiger partial charge in [0.25, 0.3) is 0 Å². The lowest BCUT2D eigenvalue weighted by molar-refractivity contribution is -0.147. The molecule has 5 heteroatoms. The minimum Gasteiger partial charge on any atom is -0.481 e. The predicted octanol–water partition coefficient (Wildman–Crippen LogP) is 3.23. The van der Waals surface area contributed by atoms with Crippen molar-refractivity contribution in [2.45, 2.75) is 20.3 Å². The van der Waals surface area contributed by atoms with Gasteiger partial charge in [0.05, 0.1) is 16.7 Å². The fourth-order valence-corrected chi connectivity index (χ4v) is 1.76. The summed E-state index contributed by atoms with van der Waals surface area (Å²) >= 11 is 3.33. The third kappa shape index (κ3) is 3.23. The Morgan fingerprint density at radius 2 is 2.28 bits per heavy atom. The van der Waals surface area contributed by atoms with E-state index in [1.54, 1.807) is 25.1 Å². The second-order valence-electron chi connectivity index (χ2n) is 4.37. The standard InChI is InChI=1S/C13H15BrN2O2/c1-3-13(2,12(17)18)8-16-11-6-10(14)5-4-9(11)7-15/h4-6,16H,3,8H2,1-2H3,(H,17,18). The summed E-state index contributed by atoms with van der Waals surface area (Å²) in [5.74, 6) is -0.842. The molecule has 1 aromatic rings.